The van der Waals surface area contributed by atoms with Crippen LogP contribution in [-0.2, 0) is 11.0 Å². The largest absolute Gasteiger partial charge is 0.416 e. The lowest BCUT2D eigenvalue weighted by Crippen LogP contribution is -2.50. The lowest BCUT2D eigenvalue weighted by atomic mass is 10.2. The fourth-order valence-corrected chi connectivity index (χ4v) is 2.80. The first kappa shape index (κ1) is 18.0. The Morgan fingerprint density at radius 2 is 1.73 bits per heavy atom. The topological polar surface area (TPSA) is 58.4 Å². The monoisotopic (exact) mass is 366 g/mol. The van der Waals surface area contributed by atoms with Gasteiger partial charge in [-0.1, -0.05) is 6.07 Å². The van der Waals surface area contributed by atoms with E-state index in [2.05, 4.69) is 4.98 Å². The number of imidazole rings is 1. The molecule has 1 saturated heterocycles. The Kier molecular flexibility index (Phi) is 4.71. The van der Waals surface area contributed by atoms with Crippen LogP contribution in [0.1, 0.15) is 23.0 Å². The van der Waals surface area contributed by atoms with Gasteiger partial charge in [0.05, 0.1) is 5.56 Å². The summed E-state index contributed by atoms with van der Waals surface area (Å²) in [6.07, 6.45) is -1.71. The average molecular weight is 366 g/mol. The summed E-state index contributed by atoms with van der Waals surface area (Å²) in [6.45, 7) is 3.18. The van der Waals surface area contributed by atoms with Gasteiger partial charge in [-0.15, -0.1) is 0 Å². The summed E-state index contributed by atoms with van der Waals surface area (Å²) in [6, 6.07) is 4.81. The van der Waals surface area contributed by atoms with Crippen LogP contribution in [0.4, 0.5) is 13.2 Å². The first-order valence-electron chi connectivity index (χ1n) is 8.02. The number of benzene rings is 1. The lowest BCUT2D eigenvalue weighted by molar-refractivity contribution is -0.137. The molecule has 2 heterocycles. The Morgan fingerprint density at radius 1 is 1.08 bits per heavy atom. The summed E-state index contributed by atoms with van der Waals surface area (Å²) in [5, 5.41) is 0. The fraction of sp³-hybridized carbons (Fsp3) is 0.353. The number of aromatic nitrogens is 2. The maximum absolute atomic E-state index is 12.8. The van der Waals surface area contributed by atoms with E-state index in [0.29, 0.717) is 26.2 Å². The molecule has 1 aromatic heterocycles. The predicted molar refractivity (Wildman–Crippen MR) is 86.7 cm³/mol. The molecule has 0 saturated carbocycles. The van der Waals surface area contributed by atoms with Crippen LogP contribution in [0.3, 0.4) is 0 Å². The Hall–Kier alpha value is -2.84. The molecular weight excluding hydrogens is 349 g/mol. The summed E-state index contributed by atoms with van der Waals surface area (Å²) in [7, 11) is 0. The van der Waals surface area contributed by atoms with Crippen molar-refractivity contribution in [2.75, 3.05) is 26.2 Å². The summed E-state index contributed by atoms with van der Waals surface area (Å²) >= 11 is 0. The zero-order valence-electron chi connectivity index (χ0n) is 14.0. The van der Waals surface area contributed by atoms with Crippen molar-refractivity contribution in [2.24, 2.45) is 0 Å². The molecule has 1 aliphatic rings. The Balaban J connectivity index is 1.74. The van der Waals surface area contributed by atoms with Crippen molar-refractivity contribution in [2.45, 2.75) is 13.1 Å². The van der Waals surface area contributed by atoms with Gasteiger partial charge in [0, 0.05) is 45.0 Å². The molecule has 3 rings (SSSR count). The fourth-order valence-electron chi connectivity index (χ4n) is 2.80. The number of hydrogen-bond acceptors (Lipinski definition) is 3. The normalized spacial score (nSPS) is 15.2. The summed E-state index contributed by atoms with van der Waals surface area (Å²) < 4.78 is 39.9. The highest BCUT2D eigenvalue weighted by atomic mass is 19.4. The van der Waals surface area contributed by atoms with Crippen LogP contribution < -0.4 is 0 Å². The first-order chi connectivity index (χ1) is 12.3. The van der Waals surface area contributed by atoms with Gasteiger partial charge in [0.15, 0.2) is 0 Å². The predicted octanol–water partition coefficient (Wildman–Crippen LogP) is 2.20. The Morgan fingerprint density at radius 3 is 2.35 bits per heavy atom. The van der Waals surface area contributed by atoms with Crippen LogP contribution in [0.2, 0.25) is 0 Å². The van der Waals surface area contributed by atoms with Gasteiger partial charge in [-0.05, 0) is 18.2 Å². The zero-order chi connectivity index (χ0) is 18.9. The molecule has 0 spiro atoms. The van der Waals surface area contributed by atoms with Crippen LogP contribution >= 0.6 is 0 Å². The highest BCUT2D eigenvalue weighted by Crippen LogP contribution is 2.30. The molecule has 1 fully saturated rings. The van der Waals surface area contributed by atoms with E-state index < -0.39 is 11.7 Å². The number of alkyl halides is 3. The molecule has 0 atom stereocenters. The van der Waals surface area contributed by atoms with Gasteiger partial charge in [-0.3, -0.25) is 9.59 Å². The van der Waals surface area contributed by atoms with Crippen LogP contribution in [0.5, 0.6) is 0 Å². The Labute approximate surface area is 147 Å². The Bertz CT molecular complexity index is 823. The van der Waals surface area contributed by atoms with E-state index in [9.17, 15) is 22.8 Å². The van der Waals surface area contributed by atoms with Gasteiger partial charge in [0.1, 0.15) is 12.0 Å². The van der Waals surface area contributed by atoms with E-state index in [4.69, 9.17) is 0 Å². The molecule has 0 bridgehead atoms. The minimum atomic E-state index is -4.44. The van der Waals surface area contributed by atoms with Crippen molar-refractivity contribution in [1.29, 1.82) is 0 Å². The smallest absolute Gasteiger partial charge is 0.339 e. The van der Waals surface area contributed by atoms with Crippen molar-refractivity contribution in [3.05, 3.63) is 48.0 Å². The second kappa shape index (κ2) is 6.81. The SMILES string of the molecule is CC(=O)N1CCN(C(=O)c2cn(-c3cccc(C(F)(F)F)c3)cn2)CC1. The highest BCUT2D eigenvalue weighted by molar-refractivity contribution is 5.92. The van der Waals surface area contributed by atoms with Gasteiger partial charge in [0.25, 0.3) is 5.91 Å². The summed E-state index contributed by atoms with van der Waals surface area (Å²) in [5.74, 6) is -0.343. The van der Waals surface area contributed by atoms with Crippen molar-refractivity contribution in [1.82, 2.24) is 19.4 Å². The lowest BCUT2D eigenvalue weighted by Gasteiger charge is -2.33. The second-order valence-electron chi connectivity index (χ2n) is 6.01. The van der Waals surface area contributed by atoms with E-state index in [1.165, 1.54) is 36.1 Å². The highest BCUT2D eigenvalue weighted by Gasteiger charge is 2.30. The first-order valence-corrected chi connectivity index (χ1v) is 8.02. The van der Waals surface area contributed by atoms with E-state index in [1.807, 2.05) is 0 Å². The van der Waals surface area contributed by atoms with Crippen LogP contribution in [-0.4, -0.2) is 57.3 Å². The number of nitrogens with zero attached hydrogens (tertiary/aromatic N) is 4. The van der Waals surface area contributed by atoms with Crippen molar-refractivity contribution < 1.29 is 22.8 Å². The average Bonchev–Trinajstić information content (AvgIpc) is 3.10. The van der Waals surface area contributed by atoms with Gasteiger partial charge in [0.2, 0.25) is 5.91 Å². The molecule has 138 valence electrons. The van der Waals surface area contributed by atoms with E-state index in [0.717, 1.165) is 12.1 Å². The maximum Gasteiger partial charge on any atom is 0.416 e. The molecule has 0 radical (unpaired) electrons. The minimum Gasteiger partial charge on any atom is -0.339 e. The number of halogens is 3. The number of amides is 2. The quantitative estimate of drug-likeness (QED) is 0.819. The zero-order valence-corrected chi connectivity index (χ0v) is 14.0. The van der Waals surface area contributed by atoms with Gasteiger partial charge >= 0.3 is 6.18 Å². The second-order valence-corrected chi connectivity index (χ2v) is 6.01. The van der Waals surface area contributed by atoms with Gasteiger partial charge in [-0.2, -0.15) is 13.2 Å². The van der Waals surface area contributed by atoms with Crippen LogP contribution in [0.15, 0.2) is 36.8 Å². The molecule has 2 amide bonds. The third-order valence-electron chi connectivity index (χ3n) is 4.29. The molecule has 0 unspecified atom stereocenters. The van der Waals surface area contributed by atoms with E-state index in [-0.39, 0.29) is 23.2 Å². The van der Waals surface area contributed by atoms with Gasteiger partial charge in [-0.25, -0.2) is 4.98 Å². The molecule has 6 nitrogen and oxygen atoms in total. The minimum absolute atomic E-state index is 0.0362. The van der Waals surface area contributed by atoms with E-state index in [1.54, 1.807) is 9.80 Å². The number of carbonyl (C=O) groups excluding carboxylic acids is 2. The van der Waals surface area contributed by atoms with Crippen molar-refractivity contribution in [3.63, 3.8) is 0 Å². The third-order valence-corrected chi connectivity index (χ3v) is 4.29. The number of rotatable bonds is 2. The van der Waals surface area contributed by atoms with Crippen molar-refractivity contribution >= 4 is 11.8 Å². The molecule has 26 heavy (non-hydrogen) atoms. The summed E-state index contributed by atoms with van der Waals surface area (Å²) in [5.41, 5.74) is -0.344. The summed E-state index contributed by atoms with van der Waals surface area (Å²) in [4.78, 5) is 31.1. The van der Waals surface area contributed by atoms with Crippen LogP contribution in [0.25, 0.3) is 5.69 Å². The van der Waals surface area contributed by atoms with Gasteiger partial charge < -0.3 is 14.4 Å². The maximum atomic E-state index is 12.8. The van der Waals surface area contributed by atoms with Crippen molar-refractivity contribution in [3.8, 4) is 5.69 Å². The molecular formula is C17H17F3N4O2. The number of hydrogen-bond donors (Lipinski definition) is 0. The standard InChI is InChI=1S/C17H17F3N4O2/c1-12(25)22-5-7-23(8-6-22)16(26)15-10-24(11-21-15)14-4-2-3-13(9-14)17(18,19)20/h2-4,9-11H,5-8H2,1H3. The molecule has 0 aliphatic carbocycles. The third kappa shape index (κ3) is 3.71. The van der Waals surface area contributed by atoms with E-state index >= 15 is 0 Å². The molecule has 1 aromatic carbocycles. The number of piperazine rings is 1. The molecule has 0 N–H and O–H groups in total. The number of carbonyl (C=O) groups is 2. The molecule has 2 aromatic rings. The van der Waals surface area contributed by atoms with Crippen LogP contribution in [0, 0.1) is 0 Å². The molecule has 1 aliphatic heterocycles. The molecule has 9 heteroatoms.